The number of ether oxygens (including phenoxy) is 1. The number of fused-ring (bicyclic) bond motifs is 1. The Kier molecular flexibility index (Phi) is 7.13. The quantitative estimate of drug-likeness (QED) is 0.468. The van der Waals surface area contributed by atoms with Crippen molar-refractivity contribution in [2.24, 2.45) is 17.8 Å². The highest BCUT2D eigenvalue weighted by molar-refractivity contribution is 5.99. The minimum atomic E-state index is -5.08. The SMILES string of the molecule is CC1(C)CC(=O)N(C[C@@H]2C[C@H]2C(=O)NC2CC(C3CC3)Oc3ccccc32)C(=N)N1.O=C(O)C(F)(F)F. The molecule has 2 aliphatic carbocycles. The topological polar surface area (TPSA) is 132 Å². The molecule has 37 heavy (non-hydrogen) atoms. The number of alkyl halides is 3. The number of carboxylic acids is 1. The third kappa shape index (κ3) is 6.53. The van der Waals surface area contributed by atoms with E-state index >= 15 is 0 Å². The summed E-state index contributed by atoms with van der Waals surface area (Å²) in [5.41, 5.74) is 0.666. The number of para-hydroxylation sites is 1. The summed E-state index contributed by atoms with van der Waals surface area (Å²) in [5, 5.41) is 21.6. The Balaban J connectivity index is 0.000000405. The van der Waals surface area contributed by atoms with Crippen molar-refractivity contribution in [2.45, 2.75) is 69.8 Å². The van der Waals surface area contributed by atoms with Crippen molar-refractivity contribution >= 4 is 23.7 Å². The number of halogens is 3. The average Bonchev–Trinajstić information content (AvgIpc) is 3.70. The van der Waals surface area contributed by atoms with Crippen molar-refractivity contribution in [3.05, 3.63) is 29.8 Å². The number of nitrogens with one attached hydrogen (secondary N) is 3. The van der Waals surface area contributed by atoms with E-state index < -0.39 is 12.1 Å². The fourth-order valence-corrected chi connectivity index (χ4v) is 4.85. The molecule has 0 bridgehead atoms. The maximum Gasteiger partial charge on any atom is 0.490 e. The molecule has 1 aromatic rings. The zero-order valence-corrected chi connectivity index (χ0v) is 20.6. The summed E-state index contributed by atoms with van der Waals surface area (Å²) in [6.45, 7) is 4.28. The third-order valence-corrected chi connectivity index (χ3v) is 7.04. The van der Waals surface area contributed by atoms with Gasteiger partial charge in [-0.2, -0.15) is 13.2 Å². The Hall–Kier alpha value is -3.31. The molecule has 2 saturated carbocycles. The average molecular weight is 525 g/mol. The zero-order chi connectivity index (χ0) is 27.1. The van der Waals surface area contributed by atoms with Crippen LogP contribution in [0.1, 0.15) is 57.6 Å². The first-order valence-corrected chi connectivity index (χ1v) is 12.3. The maximum absolute atomic E-state index is 13.0. The summed E-state index contributed by atoms with van der Waals surface area (Å²) in [7, 11) is 0. The highest BCUT2D eigenvalue weighted by Gasteiger charge is 2.48. The lowest BCUT2D eigenvalue weighted by atomic mass is 9.94. The normalized spacial score (nSPS) is 28.1. The molecular weight excluding hydrogens is 493 g/mol. The van der Waals surface area contributed by atoms with Crippen molar-refractivity contribution in [1.29, 1.82) is 5.41 Å². The van der Waals surface area contributed by atoms with Gasteiger partial charge in [0, 0.05) is 36.4 Å². The van der Waals surface area contributed by atoms with Gasteiger partial charge in [-0.25, -0.2) is 4.79 Å². The highest BCUT2D eigenvalue weighted by Crippen LogP contribution is 2.45. The smallest absolute Gasteiger partial charge is 0.490 e. The van der Waals surface area contributed by atoms with Gasteiger partial charge in [0.1, 0.15) is 11.9 Å². The highest BCUT2D eigenvalue weighted by atomic mass is 19.4. The summed E-state index contributed by atoms with van der Waals surface area (Å²) in [5.74, 6) is -1.07. The van der Waals surface area contributed by atoms with Gasteiger partial charge in [0.2, 0.25) is 11.8 Å². The Morgan fingerprint density at radius 3 is 2.49 bits per heavy atom. The molecule has 0 spiro atoms. The molecule has 12 heteroatoms. The molecule has 4 N–H and O–H groups in total. The van der Waals surface area contributed by atoms with Crippen LogP contribution in [-0.2, 0) is 14.4 Å². The van der Waals surface area contributed by atoms with Crippen LogP contribution in [0.5, 0.6) is 5.75 Å². The van der Waals surface area contributed by atoms with E-state index in [0.29, 0.717) is 18.9 Å². The van der Waals surface area contributed by atoms with E-state index in [-0.39, 0.29) is 47.3 Å². The first-order valence-electron chi connectivity index (χ1n) is 12.3. The third-order valence-electron chi connectivity index (χ3n) is 7.04. The number of rotatable bonds is 5. The van der Waals surface area contributed by atoms with E-state index in [1.165, 1.54) is 17.7 Å². The Bertz CT molecular complexity index is 1070. The summed E-state index contributed by atoms with van der Waals surface area (Å²) in [4.78, 5) is 35.8. The number of hydrogen-bond donors (Lipinski definition) is 4. The standard InChI is InChI=1S/C23H30N4O3.C2HF3O2/c1-23(2)11-20(28)27(22(24)26-23)12-14-9-16(14)21(29)25-17-10-19(13-7-8-13)30-18-6-4-3-5-15(17)18;3-2(4,5)1(6)7/h3-6,13-14,16-17,19H,7-12H2,1-2H3,(H2,24,26)(H,25,29);(H,6,7)/t14-,16+,17?,19?;/m0./s1. The molecule has 3 fully saturated rings. The summed E-state index contributed by atoms with van der Waals surface area (Å²) in [6.07, 6.45) is -0.540. The number of nitrogens with zero attached hydrogens (tertiary/aromatic N) is 1. The first kappa shape index (κ1) is 26.7. The summed E-state index contributed by atoms with van der Waals surface area (Å²) in [6, 6.07) is 7.97. The summed E-state index contributed by atoms with van der Waals surface area (Å²) >= 11 is 0. The predicted molar refractivity (Wildman–Crippen MR) is 126 cm³/mol. The number of amides is 2. The fraction of sp³-hybridized carbons (Fsp3) is 0.600. The van der Waals surface area contributed by atoms with Gasteiger partial charge in [-0.3, -0.25) is 19.9 Å². The maximum atomic E-state index is 13.0. The zero-order valence-electron chi connectivity index (χ0n) is 20.6. The van der Waals surface area contributed by atoms with Crippen LogP contribution in [0, 0.1) is 23.2 Å². The van der Waals surface area contributed by atoms with E-state index in [1.54, 1.807) is 0 Å². The van der Waals surface area contributed by atoms with Crippen molar-refractivity contribution in [3.63, 3.8) is 0 Å². The lowest BCUT2D eigenvalue weighted by molar-refractivity contribution is -0.192. The molecule has 2 heterocycles. The molecular formula is C25H31F3N4O5. The number of benzene rings is 1. The van der Waals surface area contributed by atoms with E-state index in [2.05, 4.69) is 10.6 Å². The lowest BCUT2D eigenvalue weighted by Gasteiger charge is -2.38. The number of hydrogen-bond acceptors (Lipinski definition) is 5. The molecule has 1 aromatic carbocycles. The molecule has 5 rings (SSSR count). The number of carboxylic acid groups (broad SMARTS) is 1. The molecule has 1 saturated heterocycles. The molecule has 0 aromatic heterocycles. The van der Waals surface area contributed by atoms with E-state index in [9.17, 15) is 22.8 Å². The lowest BCUT2D eigenvalue weighted by Crippen LogP contribution is -2.60. The van der Waals surface area contributed by atoms with Gasteiger partial charge in [0.15, 0.2) is 5.96 Å². The molecule has 202 valence electrons. The number of aliphatic carboxylic acids is 1. The van der Waals surface area contributed by atoms with Gasteiger partial charge in [0.05, 0.1) is 6.04 Å². The predicted octanol–water partition coefficient (Wildman–Crippen LogP) is 3.21. The van der Waals surface area contributed by atoms with Crippen LogP contribution in [0.4, 0.5) is 13.2 Å². The van der Waals surface area contributed by atoms with E-state index in [1.807, 2.05) is 38.1 Å². The van der Waals surface area contributed by atoms with Gasteiger partial charge in [0.25, 0.3) is 0 Å². The number of carbonyl (C=O) groups excluding carboxylic acids is 2. The van der Waals surface area contributed by atoms with Crippen LogP contribution in [-0.4, -0.2) is 58.1 Å². The Morgan fingerprint density at radius 2 is 1.89 bits per heavy atom. The van der Waals surface area contributed by atoms with Gasteiger partial charge in [-0.05, 0) is 51.0 Å². The van der Waals surface area contributed by atoms with E-state index in [4.69, 9.17) is 20.0 Å². The second-order valence-corrected chi connectivity index (χ2v) is 10.8. The number of guanidine groups is 1. The van der Waals surface area contributed by atoms with Crippen molar-refractivity contribution < 1.29 is 37.4 Å². The van der Waals surface area contributed by atoms with Crippen LogP contribution in [0.25, 0.3) is 0 Å². The molecule has 2 aliphatic heterocycles. The fourth-order valence-electron chi connectivity index (χ4n) is 4.85. The minimum Gasteiger partial charge on any atom is -0.490 e. The van der Waals surface area contributed by atoms with Crippen LogP contribution < -0.4 is 15.4 Å². The monoisotopic (exact) mass is 524 g/mol. The summed E-state index contributed by atoms with van der Waals surface area (Å²) < 4.78 is 37.9. The molecule has 4 atom stereocenters. The van der Waals surface area contributed by atoms with Crippen LogP contribution in [0.15, 0.2) is 24.3 Å². The van der Waals surface area contributed by atoms with Crippen LogP contribution in [0.3, 0.4) is 0 Å². The molecule has 9 nitrogen and oxygen atoms in total. The van der Waals surface area contributed by atoms with Crippen LogP contribution >= 0.6 is 0 Å². The van der Waals surface area contributed by atoms with Crippen molar-refractivity contribution in [2.75, 3.05) is 6.54 Å². The van der Waals surface area contributed by atoms with Gasteiger partial charge < -0.3 is 20.5 Å². The number of carbonyl (C=O) groups is 3. The van der Waals surface area contributed by atoms with Crippen molar-refractivity contribution in [1.82, 2.24) is 15.5 Å². The Morgan fingerprint density at radius 1 is 1.24 bits per heavy atom. The second-order valence-electron chi connectivity index (χ2n) is 10.8. The second kappa shape index (κ2) is 9.86. The largest absolute Gasteiger partial charge is 0.490 e. The van der Waals surface area contributed by atoms with Crippen LogP contribution in [0.2, 0.25) is 0 Å². The van der Waals surface area contributed by atoms with Gasteiger partial charge in [-0.1, -0.05) is 18.2 Å². The van der Waals surface area contributed by atoms with Crippen molar-refractivity contribution in [3.8, 4) is 5.75 Å². The first-order chi connectivity index (χ1) is 17.2. The molecule has 0 radical (unpaired) electrons. The Labute approximate surface area is 212 Å². The van der Waals surface area contributed by atoms with E-state index in [0.717, 1.165) is 24.2 Å². The molecule has 2 unspecified atom stereocenters. The molecule has 2 amide bonds. The molecule has 4 aliphatic rings. The minimum absolute atomic E-state index is 0.0216. The van der Waals surface area contributed by atoms with Gasteiger partial charge >= 0.3 is 12.1 Å². The van der Waals surface area contributed by atoms with Gasteiger partial charge in [-0.15, -0.1) is 0 Å².